The van der Waals surface area contributed by atoms with Gasteiger partial charge in [-0.05, 0) is 65.7 Å². The van der Waals surface area contributed by atoms with Crippen LogP contribution in [0.4, 0.5) is 21.9 Å². The highest BCUT2D eigenvalue weighted by Gasteiger charge is 2.08. The number of rotatable bonds is 4. The third-order valence-electron chi connectivity index (χ3n) is 3.69. The predicted octanol–water partition coefficient (Wildman–Crippen LogP) is 4.14. The van der Waals surface area contributed by atoms with E-state index in [1.54, 1.807) is 49.6 Å². The van der Waals surface area contributed by atoms with Gasteiger partial charge in [-0.25, -0.2) is 4.79 Å². The number of carbonyl (C=O) groups excluding carboxylic acids is 1. The van der Waals surface area contributed by atoms with Gasteiger partial charge < -0.3 is 20.9 Å². The van der Waals surface area contributed by atoms with Crippen LogP contribution in [-0.2, 0) is 0 Å². The zero-order valence-corrected chi connectivity index (χ0v) is 14.2. The summed E-state index contributed by atoms with van der Waals surface area (Å²) < 4.78 is 10.3. The van der Waals surface area contributed by atoms with Crippen molar-refractivity contribution in [2.24, 2.45) is 0 Å². The molecule has 0 heterocycles. The van der Waals surface area contributed by atoms with Gasteiger partial charge in [0.05, 0.1) is 7.11 Å². The van der Waals surface area contributed by atoms with Crippen molar-refractivity contribution >= 4 is 23.2 Å². The Balaban J connectivity index is 1.75. The maximum atomic E-state index is 12.1. The van der Waals surface area contributed by atoms with Gasteiger partial charge in [0.1, 0.15) is 11.5 Å². The summed E-state index contributed by atoms with van der Waals surface area (Å²) in [6.45, 7) is 0. The third-order valence-corrected chi connectivity index (χ3v) is 3.69. The number of hydrogen-bond donors (Lipinski definition) is 3. The molecule has 0 saturated carbocycles. The molecular formula is C20H19N3O3. The summed E-state index contributed by atoms with van der Waals surface area (Å²) in [5, 5.41) is 2.68. The molecule has 0 unspecified atom stereocenters. The minimum atomic E-state index is -0.612. The number of nitrogens with one attached hydrogen (secondary N) is 1. The molecule has 3 aromatic carbocycles. The molecule has 0 bridgehead atoms. The van der Waals surface area contributed by atoms with Gasteiger partial charge in [-0.15, -0.1) is 0 Å². The van der Waals surface area contributed by atoms with Crippen LogP contribution >= 0.6 is 0 Å². The Morgan fingerprint density at radius 3 is 2.23 bits per heavy atom. The summed E-state index contributed by atoms with van der Waals surface area (Å²) in [6.07, 6.45) is -0.612. The van der Waals surface area contributed by atoms with Crippen molar-refractivity contribution in [3.8, 4) is 22.6 Å². The van der Waals surface area contributed by atoms with Crippen molar-refractivity contribution in [3.05, 3.63) is 66.7 Å². The molecule has 0 saturated heterocycles. The van der Waals surface area contributed by atoms with E-state index in [2.05, 4.69) is 5.32 Å². The van der Waals surface area contributed by atoms with Gasteiger partial charge in [0.2, 0.25) is 0 Å². The number of amides is 1. The van der Waals surface area contributed by atoms with Crippen LogP contribution < -0.4 is 26.3 Å². The summed E-state index contributed by atoms with van der Waals surface area (Å²) in [7, 11) is 1.57. The molecule has 5 N–H and O–H groups in total. The largest absolute Gasteiger partial charge is 0.497 e. The van der Waals surface area contributed by atoms with Crippen LogP contribution in [0, 0.1) is 0 Å². The minimum absolute atomic E-state index is 0.406. The molecule has 0 spiro atoms. The lowest BCUT2D eigenvalue weighted by Gasteiger charge is -2.10. The third kappa shape index (κ3) is 4.24. The first-order chi connectivity index (χ1) is 12.5. The first-order valence-corrected chi connectivity index (χ1v) is 7.93. The molecule has 0 aliphatic rings. The molecule has 0 aliphatic carbocycles. The molecule has 0 radical (unpaired) electrons. The number of nitrogen functional groups attached to an aromatic ring is 2. The quantitative estimate of drug-likeness (QED) is 0.615. The number of carbonyl (C=O) groups is 1. The van der Waals surface area contributed by atoms with E-state index in [1.165, 1.54) is 0 Å². The average Bonchev–Trinajstić information content (AvgIpc) is 2.62. The van der Waals surface area contributed by atoms with E-state index < -0.39 is 6.09 Å². The van der Waals surface area contributed by atoms with E-state index in [4.69, 9.17) is 20.9 Å². The fourth-order valence-corrected chi connectivity index (χ4v) is 2.50. The SMILES string of the molecule is COc1ccc(OC(=O)Nc2cc(N)cc(-c3cccc(N)c3)c2)cc1. The topological polar surface area (TPSA) is 99.6 Å². The number of nitrogens with two attached hydrogens (primary N) is 2. The van der Waals surface area contributed by atoms with Crippen molar-refractivity contribution in [2.75, 3.05) is 23.9 Å². The van der Waals surface area contributed by atoms with Crippen LogP contribution in [0.2, 0.25) is 0 Å². The summed E-state index contributed by atoms with van der Waals surface area (Å²) in [5.74, 6) is 1.09. The summed E-state index contributed by atoms with van der Waals surface area (Å²) in [5.41, 5.74) is 15.2. The van der Waals surface area contributed by atoms with Crippen LogP contribution in [-0.4, -0.2) is 13.2 Å². The molecule has 3 rings (SSSR count). The summed E-state index contributed by atoms with van der Waals surface area (Å²) in [4.78, 5) is 12.1. The van der Waals surface area contributed by atoms with E-state index >= 15 is 0 Å². The van der Waals surface area contributed by atoms with Crippen LogP contribution in [0.1, 0.15) is 0 Å². The van der Waals surface area contributed by atoms with Crippen LogP contribution in [0.3, 0.4) is 0 Å². The van der Waals surface area contributed by atoms with E-state index in [0.29, 0.717) is 28.6 Å². The predicted molar refractivity (Wildman–Crippen MR) is 103 cm³/mol. The summed E-state index contributed by atoms with van der Waals surface area (Å²) in [6, 6.07) is 19.4. The van der Waals surface area contributed by atoms with E-state index in [-0.39, 0.29) is 0 Å². The molecule has 0 aromatic heterocycles. The molecular weight excluding hydrogens is 330 g/mol. The second-order valence-corrected chi connectivity index (χ2v) is 5.66. The zero-order valence-electron chi connectivity index (χ0n) is 14.2. The Bertz CT molecular complexity index is 924. The first-order valence-electron chi connectivity index (χ1n) is 7.93. The van der Waals surface area contributed by atoms with Gasteiger partial charge in [-0.3, -0.25) is 5.32 Å². The minimum Gasteiger partial charge on any atom is -0.497 e. The average molecular weight is 349 g/mol. The second-order valence-electron chi connectivity index (χ2n) is 5.66. The van der Waals surface area contributed by atoms with Crippen molar-refractivity contribution in [3.63, 3.8) is 0 Å². The van der Waals surface area contributed by atoms with Crippen LogP contribution in [0.15, 0.2) is 66.7 Å². The zero-order chi connectivity index (χ0) is 18.5. The molecule has 0 atom stereocenters. The highest BCUT2D eigenvalue weighted by atomic mass is 16.6. The fraction of sp³-hybridized carbons (Fsp3) is 0.0500. The summed E-state index contributed by atoms with van der Waals surface area (Å²) >= 11 is 0. The van der Waals surface area contributed by atoms with Gasteiger partial charge >= 0.3 is 6.09 Å². The second kappa shape index (κ2) is 7.48. The normalized spacial score (nSPS) is 10.2. The standard InChI is InChI=1S/C20H19N3O3/c1-25-18-5-7-19(8-6-18)26-20(24)23-17-11-14(10-16(22)12-17)13-3-2-4-15(21)9-13/h2-12H,21-22H2,1H3,(H,23,24). The maximum Gasteiger partial charge on any atom is 0.417 e. The lowest BCUT2D eigenvalue weighted by atomic mass is 10.0. The Morgan fingerprint density at radius 2 is 1.54 bits per heavy atom. The molecule has 0 aliphatic heterocycles. The number of hydrogen-bond acceptors (Lipinski definition) is 5. The maximum absolute atomic E-state index is 12.1. The van der Waals surface area contributed by atoms with Gasteiger partial charge in [-0.1, -0.05) is 12.1 Å². The highest BCUT2D eigenvalue weighted by Crippen LogP contribution is 2.27. The Kier molecular flexibility index (Phi) is 4.94. The van der Waals surface area contributed by atoms with E-state index in [0.717, 1.165) is 11.1 Å². The van der Waals surface area contributed by atoms with Gasteiger partial charge in [0, 0.05) is 17.1 Å². The highest BCUT2D eigenvalue weighted by molar-refractivity contribution is 5.88. The smallest absolute Gasteiger partial charge is 0.417 e. The monoisotopic (exact) mass is 349 g/mol. The van der Waals surface area contributed by atoms with E-state index in [1.807, 2.05) is 24.3 Å². The number of anilines is 3. The van der Waals surface area contributed by atoms with E-state index in [9.17, 15) is 4.79 Å². The van der Waals surface area contributed by atoms with Crippen LogP contribution in [0.5, 0.6) is 11.5 Å². The fourth-order valence-electron chi connectivity index (χ4n) is 2.50. The van der Waals surface area contributed by atoms with Crippen LogP contribution in [0.25, 0.3) is 11.1 Å². The molecule has 0 fully saturated rings. The molecule has 26 heavy (non-hydrogen) atoms. The van der Waals surface area contributed by atoms with Gasteiger partial charge in [0.15, 0.2) is 0 Å². The lowest BCUT2D eigenvalue weighted by Crippen LogP contribution is -2.16. The number of ether oxygens (including phenoxy) is 2. The van der Waals surface area contributed by atoms with Crippen molar-refractivity contribution in [1.29, 1.82) is 0 Å². The number of methoxy groups -OCH3 is 1. The molecule has 3 aromatic rings. The lowest BCUT2D eigenvalue weighted by molar-refractivity contribution is 0.215. The Labute approximate surface area is 151 Å². The molecule has 1 amide bonds. The Morgan fingerprint density at radius 1 is 0.846 bits per heavy atom. The van der Waals surface area contributed by atoms with Crippen molar-refractivity contribution < 1.29 is 14.3 Å². The first kappa shape index (κ1) is 17.2. The van der Waals surface area contributed by atoms with Crippen molar-refractivity contribution in [1.82, 2.24) is 0 Å². The van der Waals surface area contributed by atoms with Gasteiger partial charge in [0.25, 0.3) is 0 Å². The number of benzene rings is 3. The molecule has 6 heteroatoms. The molecule has 132 valence electrons. The molecule has 6 nitrogen and oxygen atoms in total. The van der Waals surface area contributed by atoms with Crippen molar-refractivity contribution in [2.45, 2.75) is 0 Å². The van der Waals surface area contributed by atoms with Gasteiger partial charge in [-0.2, -0.15) is 0 Å². The Hall–Kier alpha value is -3.67.